The molecule has 0 saturated carbocycles. The lowest BCUT2D eigenvalue weighted by molar-refractivity contribution is -0.385. The summed E-state index contributed by atoms with van der Waals surface area (Å²) in [7, 11) is 1.39. The zero-order valence-electron chi connectivity index (χ0n) is 12.1. The molecule has 0 aromatic heterocycles. The SMILES string of the molecule is C/C=C/COC(=O)c1cc(OC)c(OCC)cc1[N+](=O)[O-]. The van der Waals surface area contributed by atoms with Crippen molar-refractivity contribution < 1.29 is 23.9 Å². The van der Waals surface area contributed by atoms with Crippen molar-refractivity contribution in [3.05, 3.63) is 40.0 Å². The number of ether oxygens (including phenoxy) is 3. The van der Waals surface area contributed by atoms with E-state index >= 15 is 0 Å². The maximum atomic E-state index is 11.9. The maximum Gasteiger partial charge on any atom is 0.345 e. The highest BCUT2D eigenvalue weighted by Crippen LogP contribution is 2.35. The van der Waals surface area contributed by atoms with Gasteiger partial charge >= 0.3 is 5.97 Å². The second-order valence-electron chi connectivity index (χ2n) is 3.88. The second-order valence-corrected chi connectivity index (χ2v) is 3.88. The van der Waals surface area contributed by atoms with Crippen molar-refractivity contribution in [2.45, 2.75) is 13.8 Å². The predicted molar refractivity (Wildman–Crippen MR) is 75.9 cm³/mol. The van der Waals surface area contributed by atoms with Gasteiger partial charge in [-0.05, 0) is 13.8 Å². The molecular formula is C14H17NO6. The summed E-state index contributed by atoms with van der Waals surface area (Å²) in [6, 6.07) is 2.41. The highest BCUT2D eigenvalue weighted by molar-refractivity contribution is 5.95. The lowest BCUT2D eigenvalue weighted by atomic mass is 10.1. The Kier molecular flexibility index (Phi) is 6.19. The molecule has 1 aromatic rings. The van der Waals surface area contributed by atoms with E-state index in [1.165, 1.54) is 13.2 Å². The summed E-state index contributed by atoms with van der Waals surface area (Å²) in [5.41, 5.74) is -0.561. The van der Waals surface area contributed by atoms with E-state index in [0.717, 1.165) is 6.07 Å². The molecule has 0 bridgehead atoms. The van der Waals surface area contributed by atoms with E-state index in [1.807, 2.05) is 0 Å². The number of hydrogen-bond acceptors (Lipinski definition) is 6. The average Bonchev–Trinajstić information content (AvgIpc) is 2.47. The maximum absolute atomic E-state index is 11.9. The molecule has 0 aliphatic rings. The molecule has 0 N–H and O–H groups in total. The number of carbonyl (C=O) groups excluding carboxylic acids is 1. The molecule has 0 aliphatic carbocycles. The molecule has 0 radical (unpaired) electrons. The summed E-state index contributed by atoms with van der Waals surface area (Å²) in [5.74, 6) is -0.349. The predicted octanol–water partition coefficient (Wildman–Crippen LogP) is 2.74. The number of allylic oxidation sites excluding steroid dienone is 1. The molecule has 0 aliphatic heterocycles. The molecule has 114 valence electrons. The number of nitro groups is 1. The Hall–Kier alpha value is -2.57. The monoisotopic (exact) mass is 295 g/mol. The fraction of sp³-hybridized carbons (Fsp3) is 0.357. The molecule has 0 saturated heterocycles. The van der Waals surface area contributed by atoms with E-state index in [1.54, 1.807) is 26.0 Å². The number of hydrogen-bond donors (Lipinski definition) is 0. The second kappa shape index (κ2) is 7.88. The number of benzene rings is 1. The minimum Gasteiger partial charge on any atom is -0.493 e. The van der Waals surface area contributed by atoms with Crippen molar-refractivity contribution in [3.8, 4) is 11.5 Å². The molecule has 0 unspecified atom stereocenters. The van der Waals surface area contributed by atoms with Crippen LogP contribution in [-0.2, 0) is 4.74 Å². The summed E-state index contributed by atoms with van der Waals surface area (Å²) in [4.78, 5) is 22.4. The molecule has 1 rings (SSSR count). The first kappa shape index (κ1) is 16.5. The van der Waals surface area contributed by atoms with E-state index in [0.29, 0.717) is 6.61 Å². The van der Waals surface area contributed by atoms with Gasteiger partial charge in [0.25, 0.3) is 5.69 Å². The van der Waals surface area contributed by atoms with Crippen LogP contribution in [-0.4, -0.2) is 31.2 Å². The Bertz CT molecular complexity index is 553. The minimum absolute atomic E-state index is 0.0437. The normalized spacial score (nSPS) is 10.4. The zero-order valence-corrected chi connectivity index (χ0v) is 12.1. The van der Waals surface area contributed by atoms with Crippen molar-refractivity contribution in [2.24, 2.45) is 0 Å². The third kappa shape index (κ3) is 4.20. The van der Waals surface area contributed by atoms with Crippen LogP contribution in [0, 0.1) is 10.1 Å². The molecule has 0 spiro atoms. The Morgan fingerprint density at radius 2 is 2.10 bits per heavy atom. The third-order valence-corrected chi connectivity index (χ3v) is 2.54. The quantitative estimate of drug-likeness (QED) is 0.332. The largest absolute Gasteiger partial charge is 0.493 e. The van der Waals surface area contributed by atoms with E-state index in [4.69, 9.17) is 14.2 Å². The molecule has 7 nitrogen and oxygen atoms in total. The smallest absolute Gasteiger partial charge is 0.345 e. The van der Waals surface area contributed by atoms with Gasteiger partial charge < -0.3 is 14.2 Å². The molecule has 0 fully saturated rings. The lowest BCUT2D eigenvalue weighted by Crippen LogP contribution is -2.09. The van der Waals surface area contributed by atoms with E-state index < -0.39 is 10.9 Å². The number of nitrogens with zero attached hydrogens (tertiary/aromatic N) is 1. The average molecular weight is 295 g/mol. The van der Waals surface area contributed by atoms with Crippen LogP contribution in [0.1, 0.15) is 24.2 Å². The van der Waals surface area contributed by atoms with Crippen molar-refractivity contribution in [1.82, 2.24) is 0 Å². The van der Waals surface area contributed by atoms with Crippen LogP contribution in [0.4, 0.5) is 5.69 Å². The van der Waals surface area contributed by atoms with Crippen LogP contribution in [0.25, 0.3) is 0 Å². The van der Waals surface area contributed by atoms with Crippen molar-refractivity contribution in [2.75, 3.05) is 20.3 Å². The summed E-state index contributed by atoms with van der Waals surface area (Å²) in [5, 5.41) is 11.1. The fourth-order valence-corrected chi connectivity index (χ4v) is 1.59. The highest BCUT2D eigenvalue weighted by Gasteiger charge is 2.25. The van der Waals surface area contributed by atoms with E-state index in [2.05, 4.69) is 0 Å². The van der Waals surface area contributed by atoms with E-state index in [-0.39, 0.29) is 29.4 Å². The van der Waals surface area contributed by atoms with Crippen LogP contribution in [0.3, 0.4) is 0 Å². The van der Waals surface area contributed by atoms with Gasteiger partial charge in [-0.25, -0.2) is 4.79 Å². The fourth-order valence-electron chi connectivity index (χ4n) is 1.59. The van der Waals surface area contributed by atoms with Crippen LogP contribution < -0.4 is 9.47 Å². The molecule has 21 heavy (non-hydrogen) atoms. The van der Waals surface area contributed by atoms with Gasteiger partial charge in [0.15, 0.2) is 11.5 Å². The standard InChI is InChI=1S/C14H17NO6/c1-4-6-7-21-14(16)10-8-12(19-3)13(20-5-2)9-11(10)15(17)18/h4,6,8-9H,5,7H2,1-3H3/b6-4+. The summed E-state index contributed by atoms with van der Waals surface area (Å²) in [6.45, 7) is 3.88. The number of carbonyl (C=O) groups is 1. The Morgan fingerprint density at radius 3 is 2.62 bits per heavy atom. The summed E-state index contributed by atoms with van der Waals surface area (Å²) in [6.07, 6.45) is 3.33. The van der Waals surface area contributed by atoms with Gasteiger partial charge in [0.1, 0.15) is 12.2 Å². The van der Waals surface area contributed by atoms with E-state index in [9.17, 15) is 14.9 Å². The van der Waals surface area contributed by atoms with Gasteiger partial charge in [0.2, 0.25) is 0 Å². The van der Waals surface area contributed by atoms with Gasteiger partial charge in [-0.1, -0.05) is 12.2 Å². The molecule has 0 amide bonds. The first-order valence-electron chi connectivity index (χ1n) is 6.32. The number of rotatable bonds is 7. The van der Waals surface area contributed by atoms with Crippen LogP contribution in [0.15, 0.2) is 24.3 Å². The summed E-state index contributed by atoms with van der Waals surface area (Å²) < 4.78 is 15.3. The lowest BCUT2D eigenvalue weighted by Gasteiger charge is -2.11. The van der Waals surface area contributed by atoms with Crippen LogP contribution in [0.2, 0.25) is 0 Å². The van der Waals surface area contributed by atoms with Gasteiger partial charge in [0.05, 0.1) is 24.7 Å². The first-order valence-corrected chi connectivity index (χ1v) is 6.32. The third-order valence-electron chi connectivity index (χ3n) is 2.54. The van der Waals surface area contributed by atoms with Crippen molar-refractivity contribution in [1.29, 1.82) is 0 Å². The molecular weight excluding hydrogens is 278 g/mol. The van der Waals surface area contributed by atoms with Gasteiger partial charge in [-0.15, -0.1) is 0 Å². The Morgan fingerprint density at radius 1 is 1.38 bits per heavy atom. The highest BCUT2D eigenvalue weighted by atomic mass is 16.6. The van der Waals surface area contributed by atoms with Crippen molar-refractivity contribution >= 4 is 11.7 Å². The molecule has 0 heterocycles. The van der Waals surface area contributed by atoms with Gasteiger partial charge in [-0.2, -0.15) is 0 Å². The van der Waals surface area contributed by atoms with Crippen molar-refractivity contribution in [3.63, 3.8) is 0 Å². The minimum atomic E-state index is -0.791. The number of esters is 1. The van der Waals surface area contributed by atoms with Crippen LogP contribution >= 0.6 is 0 Å². The molecule has 7 heteroatoms. The first-order chi connectivity index (χ1) is 10.0. The molecule has 0 atom stereocenters. The number of methoxy groups -OCH3 is 1. The summed E-state index contributed by atoms with van der Waals surface area (Å²) >= 11 is 0. The Labute approximate surface area is 122 Å². The Balaban J connectivity index is 3.22. The molecule has 1 aromatic carbocycles. The topological polar surface area (TPSA) is 87.9 Å². The van der Waals surface area contributed by atoms with Gasteiger partial charge in [0, 0.05) is 6.07 Å². The van der Waals surface area contributed by atoms with Gasteiger partial charge in [-0.3, -0.25) is 10.1 Å². The number of nitro benzene ring substituents is 1. The van der Waals surface area contributed by atoms with Crippen LogP contribution in [0.5, 0.6) is 11.5 Å². The zero-order chi connectivity index (χ0) is 15.8.